The molecule has 5 saturated heterocycles. The third-order valence-corrected chi connectivity index (χ3v) is 30.6. The highest BCUT2D eigenvalue weighted by atomic mass is 79.9. The second-order valence-electron chi connectivity index (χ2n) is 38.5. The van der Waals surface area contributed by atoms with Crippen molar-refractivity contribution >= 4 is 117 Å². The predicted molar refractivity (Wildman–Crippen MR) is 512 cm³/mol. The number of nitriles is 1. The molecule has 5 aliphatic heterocycles. The van der Waals surface area contributed by atoms with Gasteiger partial charge in [0.15, 0.2) is 63.9 Å². The van der Waals surface area contributed by atoms with Gasteiger partial charge in [-0.3, -0.25) is 24.0 Å². The van der Waals surface area contributed by atoms with E-state index in [4.69, 9.17) is 0 Å². The van der Waals surface area contributed by atoms with Crippen LogP contribution in [0, 0.1) is 104 Å². The molecule has 5 unspecified atom stereocenters. The fourth-order valence-corrected chi connectivity index (χ4v) is 20.7. The van der Waals surface area contributed by atoms with Gasteiger partial charge in [-0.2, -0.15) is 26.9 Å². The van der Waals surface area contributed by atoms with Crippen molar-refractivity contribution in [2.45, 2.75) is 283 Å². The number of amides is 2. The number of rotatable bonds is 20. The lowest BCUT2D eigenvalue weighted by molar-refractivity contribution is -0.117. The summed E-state index contributed by atoms with van der Waals surface area (Å²) in [7, 11) is -4.11. The van der Waals surface area contributed by atoms with Crippen LogP contribution in [0.25, 0.3) is 32.7 Å². The van der Waals surface area contributed by atoms with Crippen molar-refractivity contribution in [2.75, 3.05) is 109 Å². The van der Waals surface area contributed by atoms with Gasteiger partial charge in [0.2, 0.25) is 11.8 Å². The smallest absolute Gasteiger partial charge is 0.507 e. The van der Waals surface area contributed by atoms with Gasteiger partial charge in [-0.1, -0.05) is 42.0 Å². The number of aromatic nitrogens is 3. The number of ether oxygens (including phenoxy) is 2. The number of alkyl halides is 8. The lowest BCUT2D eigenvalue weighted by Crippen LogP contribution is -2.35. The summed E-state index contributed by atoms with van der Waals surface area (Å²) in [5.41, 5.74) is -14.7. The molecule has 44 heteroatoms. The van der Waals surface area contributed by atoms with Crippen LogP contribution in [0.4, 0.5) is 113 Å². The van der Waals surface area contributed by atoms with Crippen LogP contribution in [0.15, 0.2) is 37.1 Å². The number of fused-ring (bicyclic) bond motifs is 3. The second kappa shape index (κ2) is 42.5. The molecular weight excluding hydrogens is 2020 g/mol. The Labute approximate surface area is 828 Å². The Hall–Kier alpha value is -11.0. The number of anilines is 6. The first-order valence-electron chi connectivity index (χ1n) is 47.4. The standard InChI is InChI=1S/C20H20F6N2O4S.C20H20F3N3O.C20H25F3N2O3.C19H21F3N2O2.C14H14BrF2NO3.C6H12FN.CH4/c1-3-19(23)6-7-27(9-19)18-10(2)17-14(15(21)16(18)22)12(32-33(30,31)20(24,25)26)8-13(29)28(17)11-4-5-11;1-3-20(23)6-7-25(10-20)19-11(2)18-15(16(21)17(19)22)12(9-24)8-14(27)26(18)13-4-5-13;1-5-20(23)8-9-24(10-20)18-11(2)17(25(12(3)26)13-6-7-13)14(19(27)28-4)15(21)16(18)22;1-3-19(22)6-7-23(9-19)18-10(2)17-14(15(20)16(18)21)12(25)8-13(26)24(17)11-4-5-11;1-6-10(15)12(17)11(16)9(14(20)21-3)13(6)18(7(2)19)8-4-5-8;1-2-6(7)3-4-8-5-6;/h8,11H,3-7,9H2,1-2H3;8,13H,3-7,10H2,1-2H3;13H,5-10H2,1-4H3;8,11,25H,3-7,9H2,1-2H3;8H,4-5H2,1-3H3;8H,2-5H2,1H3;1H4. The minimum atomic E-state index is -6.26. The van der Waals surface area contributed by atoms with Crippen LogP contribution in [0.2, 0.25) is 0 Å². The van der Waals surface area contributed by atoms with E-state index in [2.05, 4.69) is 34.9 Å². The van der Waals surface area contributed by atoms with Gasteiger partial charge in [0.05, 0.1) is 117 Å². The fraction of sp³-hybridized carbons (Fsp3) is 0.560. The van der Waals surface area contributed by atoms with Crippen molar-refractivity contribution < 1.29 is 125 Å². The molecule has 10 aliphatic rings. The van der Waals surface area contributed by atoms with Gasteiger partial charge in [0, 0.05) is 143 Å². The summed E-state index contributed by atoms with van der Waals surface area (Å²) in [6, 6.07) is 3.39. The average molecular weight is 2130 g/mol. The molecule has 144 heavy (non-hydrogen) atoms. The van der Waals surface area contributed by atoms with Crippen LogP contribution in [-0.4, -0.2) is 177 Å². The van der Waals surface area contributed by atoms with E-state index in [0.29, 0.717) is 75.1 Å². The number of methoxy groups -OCH3 is 2. The number of nitrogens with zero attached hydrogens (tertiary/aromatic N) is 10. The summed E-state index contributed by atoms with van der Waals surface area (Å²) in [5.74, 6) is -17.4. The number of pyridine rings is 3. The summed E-state index contributed by atoms with van der Waals surface area (Å²) in [6.07, 6.45) is 10.2. The molecule has 10 fully saturated rings. The van der Waals surface area contributed by atoms with Gasteiger partial charge in [0.25, 0.3) is 16.7 Å². The van der Waals surface area contributed by atoms with Crippen LogP contribution >= 0.6 is 15.9 Å². The van der Waals surface area contributed by atoms with Crippen LogP contribution in [0.1, 0.15) is 257 Å². The molecule has 0 bridgehead atoms. The zero-order chi connectivity index (χ0) is 106. The quantitative estimate of drug-likeness (QED) is 0.0236. The maximum absolute atomic E-state index is 15.3. The lowest BCUT2D eigenvalue weighted by atomic mass is 10.0. The normalized spacial score (nSPS) is 21.8. The molecule has 2 amide bonds. The Balaban J connectivity index is 0.000000158. The first-order valence-corrected chi connectivity index (χ1v) is 49.6. The van der Waals surface area contributed by atoms with Gasteiger partial charge in [-0.05, 0) is 165 Å². The summed E-state index contributed by atoms with van der Waals surface area (Å²) in [4.78, 5) is 94.4. The molecule has 8 heterocycles. The van der Waals surface area contributed by atoms with Crippen LogP contribution in [0.3, 0.4) is 0 Å². The summed E-state index contributed by atoms with van der Waals surface area (Å²) in [6.45, 7) is 20.8. The number of nitrogens with one attached hydrogen (secondary N) is 1. The van der Waals surface area contributed by atoms with E-state index in [1.54, 1.807) is 41.5 Å². The summed E-state index contributed by atoms with van der Waals surface area (Å²) < 4.78 is 299. The summed E-state index contributed by atoms with van der Waals surface area (Å²) >= 11 is 2.97. The summed E-state index contributed by atoms with van der Waals surface area (Å²) in [5, 5.41) is 21.1. The largest absolute Gasteiger partial charge is 0.534 e. The van der Waals surface area contributed by atoms with Gasteiger partial charge in [0.1, 0.15) is 51.3 Å². The fourth-order valence-electron chi connectivity index (χ4n) is 19.8. The highest BCUT2D eigenvalue weighted by Crippen LogP contribution is 2.52. The predicted octanol–water partition coefficient (Wildman–Crippen LogP) is 21.5. The minimum Gasteiger partial charge on any atom is -0.507 e. The molecule has 0 radical (unpaired) electrons. The van der Waals surface area contributed by atoms with Crippen molar-refractivity contribution in [1.29, 1.82) is 5.26 Å². The van der Waals surface area contributed by atoms with E-state index < -0.39 is 165 Å². The van der Waals surface area contributed by atoms with Gasteiger partial charge >= 0.3 is 27.6 Å². The Kier molecular flexibility index (Phi) is 33.0. The molecule has 5 saturated carbocycles. The Morgan fingerprint density at radius 3 is 1.10 bits per heavy atom. The van der Waals surface area contributed by atoms with Crippen molar-refractivity contribution in [3.8, 4) is 17.6 Å². The number of carbonyl (C=O) groups is 4. The maximum Gasteiger partial charge on any atom is 0.534 e. The highest BCUT2D eigenvalue weighted by Gasteiger charge is 2.52. The Bertz CT molecular complexity index is 6780. The minimum absolute atomic E-state index is 0. The van der Waals surface area contributed by atoms with E-state index in [9.17, 15) is 105 Å². The number of carbonyl (C=O) groups excluding carboxylic acids is 4. The number of hydrogen-bond donors (Lipinski definition) is 2. The molecule has 24 nitrogen and oxygen atoms in total. The van der Waals surface area contributed by atoms with Gasteiger partial charge in [-0.25, -0.2) is 75.4 Å². The number of aryl methyl sites for hydroxylation is 3. The van der Waals surface area contributed by atoms with E-state index in [0.717, 1.165) is 76.0 Å². The second-order valence-corrected chi connectivity index (χ2v) is 40.8. The maximum atomic E-state index is 15.3. The molecule has 5 aliphatic carbocycles. The van der Waals surface area contributed by atoms with Gasteiger partial charge in [-0.15, -0.1) is 0 Å². The molecular formula is C100H116BrF18N11O13S. The first kappa shape index (κ1) is 112. The number of halogens is 19. The Morgan fingerprint density at radius 1 is 0.472 bits per heavy atom. The molecule has 2 N–H and O–H groups in total. The van der Waals surface area contributed by atoms with Crippen LogP contribution in [0.5, 0.6) is 11.5 Å². The third-order valence-electron chi connectivity index (χ3n) is 28.7. The highest BCUT2D eigenvalue weighted by molar-refractivity contribution is 9.10. The topological polar surface area (TPSA) is 272 Å². The zero-order valence-electron chi connectivity index (χ0n) is 81.2. The first-order chi connectivity index (χ1) is 67.0. The molecule has 5 aromatic carbocycles. The molecule has 788 valence electrons. The van der Waals surface area contributed by atoms with Crippen molar-refractivity contribution in [3.63, 3.8) is 0 Å². The monoisotopic (exact) mass is 2130 g/mol. The molecule has 18 rings (SSSR count). The van der Waals surface area contributed by atoms with Gasteiger partial charge < -0.3 is 67.2 Å². The molecule has 3 aromatic heterocycles. The van der Waals surface area contributed by atoms with Crippen LogP contribution < -0.4 is 55.6 Å². The molecule has 5 atom stereocenters. The SMILES string of the molecule is C.CCC1(F)CCN(c2c(C)c(N(C(C)=O)C3CC3)c(C(=O)OC)c(F)c2F)C1.CCC1(F)CCN(c2c(F)c(F)c3c(C#N)cc(=O)n(C4CC4)c3c2C)C1.CCC1(F)CCN(c2c(F)c(F)c3c(O)cc(=O)n(C4CC4)c3c2C)C1.CCC1(F)CCN(c2c(F)c(F)c3c(OS(=O)(=O)C(F)(F)F)cc(=O)n(C4CC4)c3c2C)C1.CCC1(F)CCNC1.COC(=O)c1c(F)c(F)c(Br)c(C)c1N(C(C)=O)C1CC1. The van der Waals surface area contributed by atoms with Crippen LogP contribution in [-0.2, 0) is 29.2 Å². The van der Waals surface area contributed by atoms with E-state index in [1.165, 1.54) is 73.2 Å². The van der Waals surface area contributed by atoms with E-state index >= 15 is 26.3 Å². The van der Waals surface area contributed by atoms with E-state index in [-0.39, 0.29) is 222 Å². The van der Waals surface area contributed by atoms with Crippen molar-refractivity contribution in [2.24, 2.45) is 0 Å². The third kappa shape index (κ3) is 21.6. The zero-order valence-corrected chi connectivity index (χ0v) is 83.6. The lowest BCUT2D eigenvalue weighted by Gasteiger charge is -2.30. The van der Waals surface area contributed by atoms with E-state index in [1.807, 2.05) is 13.0 Å². The van der Waals surface area contributed by atoms with Crippen molar-refractivity contribution in [3.05, 3.63) is 156 Å². The molecule has 0 spiro atoms. The average Bonchev–Trinajstić information content (AvgIpc) is 1.36. The number of benzene rings is 5. The Morgan fingerprint density at radius 2 is 0.792 bits per heavy atom. The number of esters is 2. The number of aromatic hydroxyl groups is 1. The molecule has 8 aromatic rings. The number of hydrogen-bond acceptors (Lipinski definition) is 19. The van der Waals surface area contributed by atoms with Crippen molar-refractivity contribution in [1.82, 2.24) is 19.0 Å².